The zero-order chi connectivity index (χ0) is 13.8. The molecule has 1 saturated heterocycles. The second-order valence-electron chi connectivity index (χ2n) is 5.98. The Morgan fingerprint density at radius 2 is 2.00 bits per heavy atom. The van der Waals surface area contributed by atoms with Crippen LogP contribution in [0.3, 0.4) is 0 Å². The fraction of sp³-hybridized carbons (Fsp3) is 0.688. The Kier molecular flexibility index (Phi) is 4.94. The maximum Gasteiger partial charge on any atom is 0.0325 e. The lowest BCUT2D eigenvalue weighted by Gasteiger charge is -2.45. The van der Waals surface area contributed by atoms with Crippen LogP contribution in [0.15, 0.2) is 24.5 Å². The summed E-state index contributed by atoms with van der Waals surface area (Å²) in [5.41, 5.74) is 1.37. The van der Waals surface area contributed by atoms with E-state index in [0.29, 0.717) is 24.0 Å². The molecule has 3 nitrogen and oxygen atoms in total. The molecule has 2 rings (SSSR count). The van der Waals surface area contributed by atoms with Crippen LogP contribution in [-0.4, -0.2) is 35.1 Å². The van der Waals surface area contributed by atoms with Crippen molar-refractivity contribution in [1.29, 1.82) is 0 Å². The summed E-state index contributed by atoms with van der Waals surface area (Å²) >= 11 is 0. The number of hydrogen-bond acceptors (Lipinski definition) is 3. The summed E-state index contributed by atoms with van der Waals surface area (Å²) in [5.74, 6) is 0.676. The molecule has 1 N–H and O–H groups in total. The first-order chi connectivity index (χ1) is 9.13. The Balaban J connectivity index is 2.17. The van der Waals surface area contributed by atoms with Crippen molar-refractivity contribution in [3.05, 3.63) is 30.1 Å². The molecule has 1 aromatic rings. The summed E-state index contributed by atoms with van der Waals surface area (Å²) in [6.45, 7) is 11.5. The van der Waals surface area contributed by atoms with Crippen LogP contribution in [0.2, 0.25) is 0 Å². The number of piperazine rings is 1. The highest BCUT2D eigenvalue weighted by Gasteiger charge is 2.32. The zero-order valence-corrected chi connectivity index (χ0v) is 12.6. The van der Waals surface area contributed by atoms with Gasteiger partial charge in [-0.05, 0) is 37.0 Å². The summed E-state index contributed by atoms with van der Waals surface area (Å²) in [4.78, 5) is 6.80. The van der Waals surface area contributed by atoms with Gasteiger partial charge in [0, 0.05) is 43.6 Å². The van der Waals surface area contributed by atoms with Crippen molar-refractivity contribution in [1.82, 2.24) is 15.2 Å². The molecule has 1 fully saturated rings. The van der Waals surface area contributed by atoms with E-state index in [4.69, 9.17) is 0 Å². The third kappa shape index (κ3) is 3.34. The van der Waals surface area contributed by atoms with Crippen molar-refractivity contribution >= 4 is 0 Å². The first-order valence-corrected chi connectivity index (χ1v) is 7.52. The summed E-state index contributed by atoms with van der Waals surface area (Å²) in [5, 5.41) is 3.68. The lowest BCUT2D eigenvalue weighted by molar-refractivity contribution is 0.0610. The number of nitrogens with zero attached hydrogens (tertiary/aromatic N) is 2. The largest absolute Gasteiger partial charge is 0.311 e. The molecule has 19 heavy (non-hydrogen) atoms. The van der Waals surface area contributed by atoms with Crippen LogP contribution in [0, 0.1) is 5.92 Å². The first-order valence-electron chi connectivity index (χ1n) is 7.52. The van der Waals surface area contributed by atoms with Gasteiger partial charge in [0.2, 0.25) is 0 Å². The molecule has 3 atom stereocenters. The van der Waals surface area contributed by atoms with E-state index in [1.54, 1.807) is 0 Å². The highest BCUT2D eigenvalue weighted by atomic mass is 15.3. The van der Waals surface area contributed by atoms with Crippen LogP contribution in [0.4, 0.5) is 0 Å². The fourth-order valence-corrected chi connectivity index (χ4v) is 3.03. The van der Waals surface area contributed by atoms with Gasteiger partial charge >= 0.3 is 0 Å². The minimum Gasteiger partial charge on any atom is -0.311 e. The molecule has 1 aromatic heterocycles. The highest BCUT2D eigenvalue weighted by molar-refractivity contribution is 5.15. The lowest BCUT2D eigenvalue weighted by atomic mass is 9.94. The van der Waals surface area contributed by atoms with Crippen LogP contribution in [-0.2, 0) is 0 Å². The second kappa shape index (κ2) is 6.49. The average Bonchev–Trinajstić information content (AvgIpc) is 2.46. The molecule has 3 unspecified atom stereocenters. The van der Waals surface area contributed by atoms with Gasteiger partial charge in [0.15, 0.2) is 0 Å². The second-order valence-corrected chi connectivity index (χ2v) is 5.98. The molecular weight excluding hydrogens is 234 g/mol. The maximum absolute atomic E-state index is 4.13. The number of rotatable bonds is 4. The minimum absolute atomic E-state index is 0.464. The lowest BCUT2D eigenvalue weighted by Crippen LogP contribution is -2.58. The number of nitrogens with one attached hydrogen (secondary N) is 1. The fourth-order valence-electron chi connectivity index (χ4n) is 3.03. The molecule has 0 aromatic carbocycles. The molecule has 0 amide bonds. The Hall–Kier alpha value is -0.930. The molecule has 0 aliphatic carbocycles. The SMILES string of the molecule is CCC1CN(C(C)c2ccncc2)C(C(C)C)CN1. The summed E-state index contributed by atoms with van der Waals surface area (Å²) in [6.07, 6.45) is 5.00. The van der Waals surface area contributed by atoms with E-state index in [2.05, 4.69) is 55.0 Å². The Morgan fingerprint density at radius 1 is 1.32 bits per heavy atom. The molecule has 0 bridgehead atoms. The van der Waals surface area contributed by atoms with Crippen molar-refractivity contribution < 1.29 is 0 Å². The Labute approximate surface area is 117 Å². The zero-order valence-electron chi connectivity index (χ0n) is 12.6. The van der Waals surface area contributed by atoms with Crippen LogP contribution in [0.1, 0.15) is 45.7 Å². The van der Waals surface area contributed by atoms with E-state index in [0.717, 1.165) is 13.1 Å². The van der Waals surface area contributed by atoms with E-state index in [1.165, 1.54) is 12.0 Å². The summed E-state index contributed by atoms with van der Waals surface area (Å²) < 4.78 is 0. The molecule has 106 valence electrons. The monoisotopic (exact) mass is 261 g/mol. The topological polar surface area (TPSA) is 28.2 Å². The summed E-state index contributed by atoms with van der Waals surface area (Å²) in [7, 11) is 0. The Bertz CT molecular complexity index is 377. The van der Waals surface area contributed by atoms with Gasteiger partial charge < -0.3 is 5.32 Å². The molecule has 0 saturated carbocycles. The van der Waals surface area contributed by atoms with Gasteiger partial charge in [-0.25, -0.2) is 0 Å². The number of pyridine rings is 1. The van der Waals surface area contributed by atoms with Gasteiger partial charge in [0.25, 0.3) is 0 Å². The standard InChI is InChI=1S/C16H27N3/c1-5-15-11-19(16(10-18-15)12(2)3)13(4)14-6-8-17-9-7-14/h6-9,12-13,15-16,18H,5,10-11H2,1-4H3. The van der Waals surface area contributed by atoms with Gasteiger partial charge in [-0.2, -0.15) is 0 Å². The Morgan fingerprint density at radius 3 is 2.58 bits per heavy atom. The number of aromatic nitrogens is 1. The highest BCUT2D eigenvalue weighted by Crippen LogP contribution is 2.27. The van der Waals surface area contributed by atoms with Gasteiger partial charge in [-0.1, -0.05) is 20.8 Å². The molecule has 1 aliphatic rings. The van der Waals surface area contributed by atoms with Crippen LogP contribution < -0.4 is 5.32 Å². The third-order valence-electron chi connectivity index (χ3n) is 4.42. The molecule has 1 aliphatic heterocycles. The van der Waals surface area contributed by atoms with E-state index >= 15 is 0 Å². The van der Waals surface area contributed by atoms with Gasteiger partial charge in [-0.3, -0.25) is 9.88 Å². The minimum atomic E-state index is 0.464. The molecule has 0 radical (unpaired) electrons. The van der Waals surface area contributed by atoms with Crippen molar-refractivity contribution in [2.75, 3.05) is 13.1 Å². The van der Waals surface area contributed by atoms with Gasteiger partial charge in [0.05, 0.1) is 0 Å². The third-order valence-corrected chi connectivity index (χ3v) is 4.42. The van der Waals surface area contributed by atoms with Crippen molar-refractivity contribution in [3.63, 3.8) is 0 Å². The van der Waals surface area contributed by atoms with Crippen molar-refractivity contribution in [2.45, 2.75) is 52.2 Å². The predicted molar refractivity (Wildman–Crippen MR) is 80.1 cm³/mol. The van der Waals surface area contributed by atoms with Crippen LogP contribution >= 0.6 is 0 Å². The van der Waals surface area contributed by atoms with E-state index in [1.807, 2.05) is 12.4 Å². The predicted octanol–water partition coefficient (Wildman–Crippen LogP) is 2.85. The van der Waals surface area contributed by atoms with E-state index in [-0.39, 0.29) is 0 Å². The summed E-state index contributed by atoms with van der Waals surface area (Å²) in [6, 6.07) is 5.99. The molecule has 3 heteroatoms. The normalized spacial score (nSPS) is 26.6. The molecule has 0 spiro atoms. The van der Waals surface area contributed by atoms with Crippen molar-refractivity contribution in [3.8, 4) is 0 Å². The van der Waals surface area contributed by atoms with Crippen LogP contribution in [0.5, 0.6) is 0 Å². The van der Waals surface area contributed by atoms with Crippen molar-refractivity contribution in [2.24, 2.45) is 5.92 Å². The molecule has 2 heterocycles. The van der Waals surface area contributed by atoms with E-state index in [9.17, 15) is 0 Å². The van der Waals surface area contributed by atoms with Crippen LogP contribution in [0.25, 0.3) is 0 Å². The quantitative estimate of drug-likeness (QED) is 0.903. The number of hydrogen-bond donors (Lipinski definition) is 1. The smallest absolute Gasteiger partial charge is 0.0325 e. The van der Waals surface area contributed by atoms with Gasteiger partial charge in [0.1, 0.15) is 0 Å². The maximum atomic E-state index is 4.13. The van der Waals surface area contributed by atoms with E-state index < -0.39 is 0 Å². The first kappa shape index (κ1) is 14.5. The molecular formula is C16H27N3. The average molecular weight is 261 g/mol. The van der Waals surface area contributed by atoms with Gasteiger partial charge in [-0.15, -0.1) is 0 Å².